The Morgan fingerprint density at radius 2 is 2.04 bits per heavy atom. The Balaban J connectivity index is 1.95. The molecule has 2 aromatic carbocycles. The maximum Gasteiger partial charge on any atom is 0.241 e. The predicted molar refractivity (Wildman–Crippen MR) is 99.6 cm³/mol. The number of hydrogen-bond donors (Lipinski definition) is 2. The van der Waals surface area contributed by atoms with Crippen LogP contribution >= 0.6 is 11.6 Å². The van der Waals surface area contributed by atoms with Crippen molar-refractivity contribution in [3.63, 3.8) is 0 Å². The molecule has 0 radical (unpaired) electrons. The van der Waals surface area contributed by atoms with Gasteiger partial charge in [-0.3, -0.25) is 0 Å². The third kappa shape index (κ3) is 3.61. The van der Waals surface area contributed by atoms with Gasteiger partial charge in [0.2, 0.25) is 10.0 Å². The van der Waals surface area contributed by atoms with Crippen molar-refractivity contribution >= 4 is 27.3 Å². The lowest BCUT2D eigenvalue weighted by atomic mass is 9.88. The lowest BCUT2D eigenvalue weighted by Gasteiger charge is -2.27. The zero-order chi connectivity index (χ0) is 18.2. The number of nitrogen functional groups attached to an aromatic ring is 1. The van der Waals surface area contributed by atoms with Crippen molar-refractivity contribution in [3.8, 4) is 5.75 Å². The number of nitrogens with two attached hydrogens (primary N) is 1. The van der Waals surface area contributed by atoms with Crippen molar-refractivity contribution in [2.45, 2.75) is 37.1 Å². The number of benzene rings is 2. The number of halogens is 1. The molecule has 0 bridgehead atoms. The van der Waals surface area contributed by atoms with Crippen molar-refractivity contribution in [3.05, 3.63) is 52.0 Å². The van der Waals surface area contributed by atoms with E-state index in [2.05, 4.69) is 4.72 Å². The van der Waals surface area contributed by atoms with Crippen LogP contribution in [0.15, 0.2) is 35.2 Å². The largest absolute Gasteiger partial charge is 0.495 e. The monoisotopic (exact) mass is 380 g/mol. The standard InChI is InChI=1S/C18H21ClN2O3S/c1-11-8-17(24-2)15(19)10-18(11)25(22,23)21-16-5-3-4-12-9-13(20)6-7-14(12)16/h6-10,16,21H,3-5,20H2,1-2H3. The van der Waals surface area contributed by atoms with E-state index in [1.165, 1.54) is 13.2 Å². The van der Waals surface area contributed by atoms with E-state index in [1.54, 1.807) is 19.1 Å². The zero-order valence-corrected chi connectivity index (χ0v) is 15.7. The van der Waals surface area contributed by atoms with Crippen molar-refractivity contribution in [1.82, 2.24) is 4.72 Å². The SMILES string of the molecule is COc1cc(C)c(S(=O)(=O)NC2CCCc3cc(N)ccc32)cc1Cl. The maximum absolute atomic E-state index is 12.9. The fraction of sp³-hybridized carbons (Fsp3) is 0.333. The van der Waals surface area contributed by atoms with Gasteiger partial charge in [0, 0.05) is 11.7 Å². The summed E-state index contributed by atoms with van der Waals surface area (Å²) in [5.74, 6) is 0.455. The Kier molecular flexibility index (Phi) is 4.95. The summed E-state index contributed by atoms with van der Waals surface area (Å²) in [7, 11) is -2.21. The molecule has 134 valence electrons. The van der Waals surface area contributed by atoms with Crippen molar-refractivity contribution < 1.29 is 13.2 Å². The maximum atomic E-state index is 12.9. The minimum Gasteiger partial charge on any atom is -0.495 e. The molecule has 3 rings (SSSR count). The van der Waals surface area contributed by atoms with E-state index in [4.69, 9.17) is 22.1 Å². The Morgan fingerprint density at radius 1 is 1.28 bits per heavy atom. The van der Waals surface area contributed by atoms with E-state index < -0.39 is 10.0 Å². The highest BCUT2D eigenvalue weighted by Crippen LogP contribution is 2.34. The van der Waals surface area contributed by atoms with Gasteiger partial charge in [-0.05, 0) is 67.1 Å². The van der Waals surface area contributed by atoms with Crippen LogP contribution in [0.3, 0.4) is 0 Å². The third-order valence-corrected chi connectivity index (χ3v) is 6.43. The minimum atomic E-state index is -3.71. The number of methoxy groups -OCH3 is 1. The van der Waals surface area contributed by atoms with Crippen LogP contribution in [0.4, 0.5) is 5.69 Å². The van der Waals surface area contributed by atoms with Crippen LogP contribution < -0.4 is 15.2 Å². The fourth-order valence-electron chi connectivity index (χ4n) is 3.29. The summed E-state index contributed by atoms with van der Waals surface area (Å²) in [6, 6.07) is 8.43. The van der Waals surface area contributed by atoms with Crippen LogP contribution in [0.2, 0.25) is 5.02 Å². The van der Waals surface area contributed by atoms with Gasteiger partial charge in [0.05, 0.1) is 17.0 Å². The zero-order valence-electron chi connectivity index (χ0n) is 14.2. The molecule has 0 fully saturated rings. The highest BCUT2D eigenvalue weighted by molar-refractivity contribution is 7.89. The molecule has 0 saturated carbocycles. The van der Waals surface area contributed by atoms with Crippen LogP contribution in [0, 0.1) is 6.92 Å². The van der Waals surface area contributed by atoms with Crippen LogP contribution in [0.1, 0.15) is 35.6 Å². The topological polar surface area (TPSA) is 81.4 Å². The molecule has 3 N–H and O–H groups in total. The van der Waals surface area contributed by atoms with Gasteiger partial charge in [-0.25, -0.2) is 13.1 Å². The number of nitrogens with one attached hydrogen (secondary N) is 1. The van der Waals surface area contributed by atoms with Crippen LogP contribution in [0.25, 0.3) is 0 Å². The summed E-state index contributed by atoms with van der Waals surface area (Å²) in [5.41, 5.74) is 9.21. The summed E-state index contributed by atoms with van der Waals surface area (Å²) >= 11 is 6.12. The summed E-state index contributed by atoms with van der Waals surface area (Å²) in [6.07, 6.45) is 2.57. The minimum absolute atomic E-state index is 0.167. The second-order valence-electron chi connectivity index (χ2n) is 6.28. The van der Waals surface area contributed by atoms with Crippen molar-refractivity contribution in [2.75, 3.05) is 12.8 Å². The first-order valence-corrected chi connectivity index (χ1v) is 9.92. The number of ether oxygens (including phenoxy) is 1. The van der Waals surface area contributed by atoms with E-state index in [9.17, 15) is 8.42 Å². The molecule has 0 spiro atoms. The first-order chi connectivity index (χ1) is 11.8. The Bertz CT molecular complexity index is 913. The highest BCUT2D eigenvalue weighted by atomic mass is 35.5. The Labute approximate surface area is 153 Å². The molecule has 7 heteroatoms. The number of hydrogen-bond acceptors (Lipinski definition) is 4. The Morgan fingerprint density at radius 3 is 2.76 bits per heavy atom. The first-order valence-electron chi connectivity index (χ1n) is 8.06. The molecule has 1 aliphatic carbocycles. The van der Waals surface area contributed by atoms with Crippen LogP contribution in [-0.4, -0.2) is 15.5 Å². The van der Waals surface area contributed by atoms with Crippen LogP contribution in [-0.2, 0) is 16.4 Å². The van der Waals surface area contributed by atoms with E-state index in [0.717, 1.165) is 30.4 Å². The fourth-order valence-corrected chi connectivity index (χ4v) is 5.10. The second-order valence-corrected chi connectivity index (χ2v) is 8.37. The van der Waals surface area contributed by atoms with Gasteiger partial charge in [-0.1, -0.05) is 17.7 Å². The molecule has 1 atom stereocenters. The molecule has 0 saturated heterocycles. The summed E-state index contributed by atoms with van der Waals surface area (Å²) in [6.45, 7) is 1.73. The van der Waals surface area contributed by atoms with E-state index in [0.29, 0.717) is 17.0 Å². The van der Waals surface area contributed by atoms with Crippen LogP contribution in [0.5, 0.6) is 5.75 Å². The van der Waals surface area contributed by atoms with Crippen molar-refractivity contribution in [2.24, 2.45) is 0 Å². The lowest BCUT2D eigenvalue weighted by molar-refractivity contribution is 0.414. The average Bonchev–Trinajstić information content (AvgIpc) is 2.56. The molecule has 0 aliphatic heterocycles. The molecule has 1 unspecified atom stereocenters. The van der Waals surface area contributed by atoms with E-state index in [-0.39, 0.29) is 16.0 Å². The smallest absolute Gasteiger partial charge is 0.241 e. The molecular weight excluding hydrogens is 360 g/mol. The third-order valence-electron chi connectivity index (χ3n) is 4.52. The quantitative estimate of drug-likeness (QED) is 0.794. The average molecular weight is 381 g/mol. The van der Waals surface area contributed by atoms with E-state index in [1.807, 2.05) is 12.1 Å². The first kappa shape index (κ1) is 18.0. The molecule has 0 heterocycles. The van der Waals surface area contributed by atoms with Gasteiger partial charge >= 0.3 is 0 Å². The molecule has 5 nitrogen and oxygen atoms in total. The summed E-state index contributed by atoms with van der Waals surface area (Å²) in [4.78, 5) is 0.167. The van der Waals surface area contributed by atoms with Gasteiger partial charge in [0.25, 0.3) is 0 Å². The molecule has 0 aromatic heterocycles. The summed E-state index contributed by atoms with van der Waals surface area (Å²) in [5, 5.41) is 0.269. The molecule has 2 aromatic rings. The summed E-state index contributed by atoms with van der Waals surface area (Å²) < 4.78 is 33.8. The van der Waals surface area contributed by atoms with Gasteiger partial charge in [0.15, 0.2) is 0 Å². The second kappa shape index (κ2) is 6.86. The number of anilines is 1. The number of rotatable bonds is 4. The Hall–Kier alpha value is -1.76. The highest BCUT2D eigenvalue weighted by Gasteiger charge is 2.27. The van der Waals surface area contributed by atoms with Gasteiger partial charge < -0.3 is 10.5 Å². The molecule has 0 amide bonds. The molecule has 25 heavy (non-hydrogen) atoms. The predicted octanol–water partition coefficient (Wildman–Crippen LogP) is 3.60. The lowest BCUT2D eigenvalue weighted by Crippen LogP contribution is -2.31. The van der Waals surface area contributed by atoms with Gasteiger partial charge in [-0.2, -0.15) is 0 Å². The molecule has 1 aliphatic rings. The number of aryl methyl sites for hydroxylation is 2. The van der Waals surface area contributed by atoms with E-state index >= 15 is 0 Å². The normalized spacial score (nSPS) is 17.2. The van der Waals surface area contributed by atoms with Gasteiger partial charge in [-0.15, -0.1) is 0 Å². The molecular formula is C18H21ClN2O3S. The number of fused-ring (bicyclic) bond motifs is 1. The van der Waals surface area contributed by atoms with Gasteiger partial charge in [0.1, 0.15) is 5.75 Å². The number of sulfonamides is 1. The van der Waals surface area contributed by atoms with Crippen molar-refractivity contribution in [1.29, 1.82) is 0 Å².